The van der Waals surface area contributed by atoms with E-state index < -0.39 is 5.82 Å². The smallest absolute Gasteiger partial charge is 0.225 e. The summed E-state index contributed by atoms with van der Waals surface area (Å²) in [6, 6.07) is 8.04. The van der Waals surface area contributed by atoms with Crippen LogP contribution >= 0.6 is 0 Å². The Balaban J connectivity index is 1.57. The average molecular weight is 541 g/mol. The van der Waals surface area contributed by atoms with Crippen LogP contribution in [0.4, 0.5) is 10.3 Å². The summed E-state index contributed by atoms with van der Waals surface area (Å²) in [6.45, 7) is 10.1. The summed E-state index contributed by atoms with van der Waals surface area (Å²) >= 11 is 0. The third-order valence-electron chi connectivity index (χ3n) is 7.49. The van der Waals surface area contributed by atoms with Crippen LogP contribution in [0.25, 0.3) is 16.7 Å². The Morgan fingerprint density at radius 3 is 2.33 bits per heavy atom. The van der Waals surface area contributed by atoms with Gasteiger partial charge in [0.05, 0.1) is 19.5 Å². The van der Waals surface area contributed by atoms with Gasteiger partial charge in [0.25, 0.3) is 0 Å². The van der Waals surface area contributed by atoms with Crippen LogP contribution in [0.2, 0.25) is 0 Å². The highest BCUT2D eigenvalue weighted by atomic mass is 19.1. The number of methoxy groups -OCH3 is 1. The molecule has 1 aromatic carbocycles. The van der Waals surface area contributed by atoms with Crippen molar-refractivity contribution in [2.24, 2.45) is 12.5 Å². The molecule has 0 aliphatic heterocycles. The summed E-state index contributed by atoms with van der Waals surface area (Å²) in [4.78, 5) is 16.4. The van der Waals surface area contributed by atoms with Gasteiger partial charge >= 0.3 is 0 Å². The van der Waals surface area contributed by atoms with E-state index in [1.807, 2.05) is 31.8 Å². The number of anilines is 1. The number of halogens is 1. The lowest BCUT2D eigenvalue weighted by Crippen LogP contribution is -2.31. The van der Waals surface area contributed by atoms with Gasteiger partial charge < -0.3 is 9.64 Å². The van der Waals surface area contributed by atoms with Gasteiger partial charge in [-0.15, -0.1) is 0 Å². The van der Waals surface area contributed by atoms with Crippen LogP contribution in [0.5, 0.6) is 5.75 Å². The van der Waals surface area contributed by atoms with Gasteiger partial charge in [-0.2, -0.15) is 5.10 Å². The molecule has 1 aliphatic carbocycles. The normalized spacial score (nSPS) is 14.9. The standard InChI is InChI=1S/C32H37FN6O/c1-21-9-22(2)11-23(10-21)18-39(31-35-14-25(15-36-31)26-16-37-38(5)19-26)20-24-13-32(3,4)8-7-28(24)30-29(40-6)12-27(33)17-34-30/h9-12,14-17,19H,7-8,13,18,20H2,1-6H3. The lowest BCUT2D eigenvalue weighted by molar-refractivity contribution is 0.321. The fourth-order valence-electron chi connectivity index (χ4n) is 5.67. The molecule has 4 aromatic rings. The van der Waals surface area contributed by atoms with Crippen molar-refractivity contribution >= 4 is 11.5 Å². The zero-order valence-electron chi connectivity index (χ0n) is 24.2. The Labute approximate surface area is 235 Å². The number of ether oxygens (including phenoxy) is 1. The molecular weight excluding hydrogens is 503 g/mol. The van der Waals surface area contributed by atoms with E-state index in [9.17, 15) is 4.39 Å². The van der Waals surface area contributed by atoms with E-state index in [-0.39, 0.29) is 5.41 Å². The first-order valence-corrected chi connectivity index (χ1v) is 13.6. The molecule has 0 amide bonds. The molecular formula is C32H37FN6O. The predicted molar refractivity (Wildman–Crippen MR) is 156 cm³/mol. The molecule has 3 aromatic heterocycles. The van der Waals surface area contributed by atoms with Crippen LogP contribution in [0.3, 0.4) is 0 Å². The number of allylic oxidation sites excluding steroid dienone is 1. The molecule has 0 fully saturated rings. The Kier molecular flexibility index (Phi) is 7.70. The lowest BCUT2D eigenvalue weighted by atomic mass is 9.73. The van der Waals surface area contributed by atoms with Gasteiger partial charge in [-0.1, -0.05) is 43.2 Å². The monoisotopic (exact) mass is 540 g/mol. The van der Waals surface area contributed by atoms with Crippen molar-refractivity contribution in [2.45, 2.75) is 53.5 Å². The highest BCUT2D eigenvalue weighted by molar-refractivity contribution is 5.72. The third kappa shape index (κ3) is 6.22. The molecule has 3 heterocycles. The van der Waals surface area contributed by atoms with Crippen molar-refractivity contribution in [3.63, 3.8) is 0 Å². The fraction of sp³-hybridized carbons (Fsp3) is 0.375. The summed E-state index contributed by atoms with van der Waals surface area (Å²) < 4.78 is 21.4. The van der Waals surface area contributed by atoms with E-state index in [1.54, 1.807) is 11.8 Å². The van der Waals surface area contributed by atoms with Crippen LogP contribution in [0.1, 0.15) is 55.5 Å². The van der Waals surface area contributed by atoms with E-state index in [0.717, 1.165) is 36.0 Å². The third-order valence-corrected chi connectivity index (χ3v) is 7.49. The summed E-state index contributed by atoms with van der Waals surface area (Å²) in [6.07, 6.45) is 11.5. The summed E-state index contributed by atoms with van der Waals surface area (Å²) in [5, 5.41) is 4.28. The second-order valence-corrected chi connectivity index (χ2v) is 11.7. The molecule has 0 radical (unpaired) electrons. The number of pyridine rings is 1. The van der Waals surface area contributed by atoms with Crippen molar-refractivity contribution in [2.75, 3.05) is 18.6 Å². The molecule has 0 atom stereocenters. The highest BCUT2D eigenvalue weighted by Crippen LogP contribution is 2.44. The average Bonchev–Trinajstić information content (AvgIpc) is 3.34. The second-order valence-electron chi connectivity index (χ2n) is 11.7. The van der Waals surface area contributed by atoms with Crippen LogP contribution in [0, 0.1) is 25.1 Å². The Hall–Kier alpha value is -4.07. The molecule has 0 N–H and O–H groups in total. The van der Waals surface area contributed by atoms with Gasteiger partial charge in [0.15, 0.2) is 0 Å². The molecule has 1 aliphatic rings. The van der Waals surface area contributed by atoms with Crippen LogP contribution in [-0.2, 0) is 13.6 Å². The topological polar surface area (TPSA) is 69.0 Å². The number of hydrogen-bond acceptors (Lipinski definition) is 6. The predicted octanol–water partition coefficient (Wildman–Crippen LogP) is 6.71. The summed E-state index contributed by atoms with van der Waals surface area (Å²) in [7, 11) is 3.46. The first-order chi connectivity index (χ1) is 19.1. The minimum Gasteiger partial charge on any atom is -0.494 e. The zero-order chi connectivity index (χ0) is 28.4. The van der Waals surface area contributed by atoms with Crippen molar-refractivity contribution < 1.29 is 9.13 Å². The van der Waals surface area contributed by atoms with Crippen molar-refractivity contribution in [3.8, 4) is 16.9 Å². The van der Waals surface area contributed by atoms with Gasteiger partial charge in [-0.3, -0.25) is 4.68 Å². The number of aryl methyl sites for hydroxylation is 3. The van der Waals surface area contributed by atoms with Gasteiger partial charge in [0.2, 0.25) is 5.95 Å². The molecule has 40 heavy (non-hydrogen) atoms. The number of aromatic nitrogens is 5. The Bertz CT molecular complexity index is 1520. The minimum atomic E-state index is -0.405. The maximum atomic E-state index is 14.0. The van der Waals surface area contributed by atoms with E-state index in [1.165, 1.54) is 34.5 Å². The molecule has 5 rings (SSSR count). The van der Waals surface area contributed by atoms with Crippen molar-refractivity contribution in [1.82, 2.24) is 24.7 Å². The van der Waals surface area contributed by atoms with Crippen molar-refractivity contribution in [1.29, 1.82) is 0 Å². The van der Waals surface area contributed by atoms with Crippen LogP contribution in [0.15, 0.2) is 60.8 Å². The van der Waals surface area contributed by atoms with E-state index in [0.29, 0.717) is 30.5 Å². The summed E-state index contributed by atoms with van der Waals surface area (Å²) in [5.74, 6) is 0.712. The number of hydrogen-bond donors (Lipinski definition) is 0. The van der Waals surface area contributed by atoms with Gasteiger partial charge in [-0.25, -0.2) is 19.3 Å². The first kappa shape index (κ1) is 27.5. The largest absolute Gasteiger partial charge is 0.494 e. The molecule has 8 heteroatoms. The van der Waals surface area contributed by atoms with Gasteiger partial charge in [0, 0.05) is 55.9 Å². The van der Waals surface area contributed by atoms with Gasteiger partial charge in [-0.05, 0) is 55.2 Å². The quantitative estimate of drug-likeness (QED) is 0.248. The van der Waals surface area contributed by atoms with Crippen LogP contribution in [-0.4, -0.2) is 38.4 Å². The Morgan fingerprint density at radius 2 is 1.68 bits per heavy atom. The maximum Gasteiger partial charge on any atom is 0.225 e. The van der Waals surface area contributed by atoms with Crippen LogP contribution < -0.4 is 9.64 Å². The fourth-order valence-corrected chi connectivity index (χ4v) is 5.67. The molecule has 0 saturated carbocycles. The van der Waals surface area contributed by atoms with E-state index >= 15 is 0 Å². The molecule has 7 nitrogen and oxygen atoms in total. The molecule has 208 valence electrons. The van der Waals surface area contributed by atoms with E-state index in [2.05, 4.69) is 60.9 Å². The summed E-state index contributed by atoms with van der Waals surface area (Å²) in [5.41, 5.74) is 8.75. The van der Waals surface area contributed by atoms with Gasteiger partial charge in [0.1, 0.15) is 17.3 Å². The first-order valence-electron chi connectivity index (χ1n) is 13.6. The second kappa shape index (κ2) is 11.2. The molecule has 0 spiro atoms. The maximum absolute atomic E-state index is 14.0. The molecule has 0 unspecified atom stereocenters. The highest BCUT2D eigenvalue weighted by Gasteiger charge is 2.31. The SMILES string of the molecule is COc1cc(F)cnc1C1=C(CN(Cc2cc(C)cc(C)c2)c2ncc(-c3cnn(C)c3)cn2)CC(C)(C)CC1. The molecule has 0 bridgehead atoms. The molecule has 0 saturated heterocycles. The number of rotatable bonds is 8. The zero-order valence-corrected chi connectivity index (χ0v) is 24.2. The van der Waals surface area contributed by atoms with Crippen molar-refractivity contribution in [3.05, 3.63) is 89.0 Å². The Morgan fingerprint density at radius 1 is 0.950 bits per heavy atom. The lowest BCUT2D eigenvalue weighted by Gasteiger charge is -2.36. The number of nitrogens with zero attached hydrogens (tertiary/aromatic N) is 6. The number of benzene rings is 1. The van der Waals surface area contributed by atoms with E-state index in [4.69, 9.17) is 14.7 Å². The minimum absolute atomic E-state index is 0.128.